The van der Waals surface area contributed by atoms with Gasteiger partial charge in [0.2, 0.25) is 11.2 Å². The minimum absolute atomic E-state index is 0.0654. The molecule has 0 fully saturated rings. The van der Waals surface area contributed by atoms with Crippen molar-refractivity contribution in [2.45, 2.75) is 13.0 Å². The van der Waals surface area contributed by atoms with Gasteiger partial charge in [0.25, 0.3) is 0 Å². The predicted molar refractivity (Wildman–Crippen MR) is 94.6 cm³/mol. The van der Waals surface area contributed by atoms with Crippen molar-refractivity contribution in [2.24, 2.45) is 0 Å². The molecule has 3 rings (SSSR count). The Labute approximate surface area is 149 Å². The zero-order valence-corrected chi connectivity index (χ0v) is 14.3. The summed E-state index contributed by atoms with van der Waals surface area (Å²) in [4.78, 5) is 27.0. The zero-order chi connectivity index (χ0) is 17.6. The Morgan fingerprint density at radius 2 is 2.08 bits per heavy atom. The number of amides is 1. The lowest BCUT2D eigenvalue weighted by atomic mass is 10.2. The molecule has 0 unspecified atom stereocenters. The molecule has 0 aliphatic rings. The fourth-order valence-electron chi connectivity index (χ4n) is 2.26. The topological polar surface area (TPSA) is 105 Å². The molecule has 3 aromatic rings. The van der Waals surface area contributed by atoms with E-state index in [-0.39, 0.29) is 11.2 Å². The first-order valence-electron chi connectivity index (χ1n) is 7.66. The van der Waals surface area contributed by atoms with E-state index in [1.807, 2.05) is 24.3 Å². The summed E-state index contributed by atoms with van der Waals surface area (Å²) in [7, 11) is 1.62. The highest BCUT2D eigenvalue weighted by Gasteiger charge is 2.09. The van der Waals surface area contributed by atoms with Gasteiger partial charge in [-0.25, -0.2) is 4.98 Å². The number of hydrogen-bond acceptors (Lipinski definition) is 6. The SMILES string of the molecule is COc1ccc(CNC(=O)CCNc2nc(Cl)nc3nc[nH]c23)cc1. The number of ether oxygens (including phenoxy) is 1. The van der Waals surface area contributed by atoms with Crippen LogP contribution >= 0.6 is 11.6 Å². The van der Waals surface area contributed by atoms with Crippen molar-refractivity contribution in [1.82, 2.24) is 25.3 Å². The molecule has 1 amide bonds. The minimum atomic E-state index is -0.0654. The number of rotatable bonds is 7. The van der Waals surface area contributed by atoms with Crippen LogP contribution in [0.15, 0.2) is 30.6 Å². The molecule has 9 heteroatoms. The quantitative estimate of drug-likeness (QED) is 0.557. The fraction of sp³-hybridized carbons (Fsp3) is 0.250. The third-order valence-electron chi connectivity index (χ3n) is 3.55. The maximum Gasteiger partial charge on any atom is 0.226 e. The van der Waals surface area contributed by atoms with Gasteiger partial charge in [-0.15, -0.1) is 0 Å². The van der Waals surface area contributed by atoms with Gasteiger partial charge in [-0.2, -0.15) is 9.97 Å². The van der Waals surface area contributed by atoms with Crippen molar-refractivity contribution < 1.29 is 9.53 Å². The van der Waals surface area contributed by atoms with Gasteiger partial charge in [0, 0.05) is 19.5 Å². The van der Waals surface area contributed by atoms with E-state index in [4.69, 9.17) is 16.3 Å². The lowest BCUT2D eigenvalue weighted by molar-refractivity contribution is -0.121. The van der Waals surface area contributed by atoms with Crippen molar-refractivity contribution in [2.75, 3.05) is 19.0 Å². The molecule has 8 nitrogen and oxygen atoms in total. The Kier molecular flexibility index (Phi) is 5.30. The summed E-state index contributed by atoms with van der Waals surface area (Å²) >= 11 is 5.86. The standard InChI is InChI=1S/C16H17ClN6O2/c1-25-11-4-2-10(3-5-11)8-19-12(24)6-7-18-14-13-15(21-9-20-13)23-16(17)22-14/h2-5,9H,6-8H2,1H3,(H,19,24)(H2,18,20,21,22,23). The Balaban J connectivity index is 1.48. The third kappa shape index (κ3) is 4.36. The average Bonchev–Trinajstić information content (AvgIpc) is 3.08. The van der Waals surface area contributed by atoms with E-state index in [2.05, 4.69) is 30.6 Å². The van der Waals surface area contributed by atoms with Crippen molar-refractivity contribution in [3.05, 3.63) is 41.4 Å². The molecule has 0 saturated carbocycles. The highest BCUT2D eigenvalue weighted by atomic mass is 35.5. The van der Waals surface area contributed by atoms with Crippen LogP contribution in [-0.2, 0) is 11.3 Å². The smallest absolute Gasteiger partial charge is 0.226 e. The first kappa shape index (κ1) is 17.0. The third-order valence-corrected chi connectivity index (χ3v) is 3.72. The van der Waals surface area contributed by atoms with E-state index in [0.29, 0.717) is 36.5 Å². The van der Waals surface area contributed by atoms with Gasteiger partial charge in [-0.1, -0.05) is 12.1 Å². The molecule has 2 heterocycles. The first-order valence-corrected chi connectivity index (χ1v) is 8.03. The Hall–Kier alpha value is -2.87. The van der Waals surface area contributed by atoms with E-state index in [1.54, 1.807) is 7.11 Å². The van der Waals surface area contributed by atoms with Gasteiger partial charge in [-0.05, 0) is 29.3 Å². The number of hydrogen-bond donors (Lipinski definition) is 3. The number of benzene rings is 1. The van der Waals surface area contributed by atoms with E-state index in [1.165, 1.54) is 6.33 Å². The van der Waals surface area contributed by atoms with Crippen LogP contribution in [-0.4, -0.2) is 39.5 Å². The number of aromatic amines is 1. The van der Waals surface area contributed by atoms with E-state index in [9.17, 15) is 4.79 Å². The maximum atomic E-state index is 12.0. The summed E-state index contributed by atoms with van der Waals surface area (Å²) in [6.07, 6.45) is 1.82. The Bertz CT molecular complexity index is 865. The molecule has 0 saturated heterocycles. The second-order valence-corrected chi connectivity index (χ2v) is 5.58. The normalized spacial score (nSPS) is 10.6. The number of nitrogens with zero attached hydrogens (tertiary/aromatic N) is 3. The average molecular weight is 361 g/mol. The Morgan fingerprint density at radius 1 is 1.28 bits per heavy atom. The highest BCUT2D eigenvalue weighted by Crippen LogP contribution is 2.18. The summed E-state index contributed by atoms with van der Waals surface area (Å²) < 4.78 is 5.10. The zero-order valence-electron chi connectivity index (χ0n) is 13.5. The van der Waals surface area contributed by atoms with E-state index >= 15 is 0 Å². The summed E-state index contributed by atoms with van der Waals surface area (Å²) in [6, 6.07) is 7.54. The van der Waals surface area contributed by atoms with Crippen LogP contribution in [0.5, 0.6) is 5.75 Å². The van der Waals surface area contributed by atoms with Crippen LogP contribution in [0.4, 0.5) is 5.82 Å². The second-order valence-electron chi connectivity index (χ2n) is 5.24. The number of methoxy groups -OCH3 is 1. The molecule has 0 aliphatic heterocycles. The number of carbonyl (C=O) groups is 1. The lowest BCUT2D eigenvalue weighted by Gasteiger charge is -2.08. The predicted octanol–water partition coefficient (Wildman–Crippen LogP) is 2.13. The summed E-state index contributed by atoms with van der Waals surface area (Å²) in [5.74, 6) is 1.24. The molecule has 0 radical (unpaired) electrons. The molecule has 130 valence electrons. The van der Waals surface area contributed by atoms with Crippen LogP contribution in [0.3, 0.4) is 0 Å². The molecule has 25 heavy (non-hydrogen) atoms. The summed E-state index contributed by atoms with van der Waals surface area (Å²) in [5, 5.41) is 6.04. The van der Waals surface area contributed by atoms with E-state index < -0.39 is 0 Å². The first-order chi connectivity index (χ1) is 12.2. The van der Waals surface area contributed by atoms with Crippen molar-refractivity contribution in [3.63, 3.8) is 0 Å². The maximum absolute atomic E-state index is 12.0. The Morgan fingerprint density at radius 3 is 2.84 bits per heavy atom. The largest absolute Gasteiger partial charge is 0.497 e. The summed E-state index contributed by atoms with van der Waals surface area (Å²) in [6.45, 7) is 0.878. The van der Waals surface area contributed by atoms with Gasteiger partial charge in [0.05, 0.1) is 13.4 Å². The number of halogens is 1. The number of imidazole rings is 1. The molecule has 3 N–H and O–H groups in total. The number of fused-ring (bicyclic) bond motifs is 1. The van der Waals surface area contributed by atoms with Gasteiger partial charge in [0.1, 0.15) is 11.3 Å². The lowest BCUT2D eigenvalue weighted by Crippen LogP contribution is -2.25. The number of H-pyrrole nitrogens is 1. The van der Waals surface area contributed by atoms with Crippen molar-refractivity contribution in [3.8, 4) is 5.75 Å². The fourth-order valence-corrected chi connectivity index (χ4v) is 2.43. The number of carbonyl (C=O) groups excluding carboxylic acids is 1. The molecule has 0 spiro atoms. The van der Waals surface area contributed by atoms with Gasteiger partial charge < -0.3 is 20.4 Å². The molecule has 2 aromatic heterocycles. The summed E-state index contributed by atoms with van der Waals surface area (Å²) in [5.41, 5.74) is 2.14. The molecule has 0 atom stereocenters. The van der Waals surface area contributed by atoms with E-state index in [0.717, 1.165) is 11.3 Å². The number of nitrogens with one attached hydrogen (secondary N) is 3. The van der Waals surface area contributed by atoms with Gasteiger partial charge in [0.15, 0.2) is 11.5 Å². The monoisotopic (exact) mass is 360 g/mol. The van der Waals surface area contributed by atoms with Gasteiger partial charge in [-0.3, -0.25) is 4.79 Å². The van der Waals surface area contributed by atoms with Crippen LogP contribution < -0.4 is 15.4 Å². The second kappa shape index (κ2) is 7.80. The van der Waals surface area contributed by atoms with Crippen LogP contribution in [0.2, 0.25) is 5.28 Å². The molecule has 0 bridgehead atoms. The number of anilines is 1. The molecule has 0 aliphatic carbocycles. The highest BCUT2D eigenvalue weighted by molar-refractivity contribution is 6.28. The van der Waals surface area contributed by atoms with Crippen LogP contribution in [0, 0.1) is 0 Å². The number of aromatic nitrogens is 4. The van der Waals surface area contributed by atoms with Crippen LogP contribution in [0.25, 0.3) is 11.2 Å². The molecular weight excluding hydrogens is 344 g/mol. The van der Waals surface area contributed by atoms with Crippen LogP contribution in [0.1, 0.15) is 12.0 Å². The van der Waals surface area contributed by atoms with Gasteiger partial charge >= 0.3 is 0 Å². The minimum Gasteiger partial charge on any atom is -0.497 e. The van der Waals surface area contributed by atoms with Crippen molar-refractivity contribution in [1.29, 1.82) is 0 Å². The van der Waals surface area contributed by atoms with Crippen molar-refractivity contribution >= 4 is 34.5 Å². The molecule has 1 aromatic carbocycles. The molecular formula is C16H17ClN6O2.